The monoisotopic (exact) mass is 180 g/mol. The molecule has 2 rings (SSSR count). The van der Waals surface area contributed by atoms with Crippen LogP contribution in [0.15, 0.2) is 12.2 Å². The van der Waals surface area contributed by atoms with E-state index in [9.17, 15) is 0 Å². The van der Waals surface area contributed by atoms with Crippen LogP contribution in [-0.2, 0) is 4.74 Å². The Kier molecular flexibility index (Phi) is 3.42. The second-order valence-corrected chi connectivity index (χ2v) is 4.25. The number of ether oxygens (including phenoxy) is 1. The third-order valence-corrected chi connectivity index (χ3v) is 3.08. The van der Waals surface area contributed by atoms with Gasteiger partial charge in [-0.3, -0.25) is 0 Å². The molecule has 1 fully saturated rings. The van der Waals surface area contributed by atoms with Gasteiger partial charge in [0.25, 0.3) is 0 Å². The Bertz CT molecular complexity index is 174. The molecule has 0 N–H and O–H groups in total. The fraction of sp³-hybridized carbons (Fsp3) is 0.833. The molecule has 0 bridgehead atoms. The Balaban J connectivity index is 1.73. The third kappa shape index (κ3) is 3.15. The lowest BCUT2D eigenvalue weighted by atomic mass is 10.0. The van der Waals surface area contributed by atoms with Gasteiger partial charge in [-0.15, -0.1) is 0 Å². The highest BCUT2D eigenvalue weighted by Crippen LogP contribution is 2.31. The molecule has 0 radical (unpaired) electrons. The van der Waals surface area contributed by atoms with Crippen molar-refractivity contribution in [1.82, 2.24) is 0 Å². The molecule has 2 aliphatic rings. The van der Waals surface area contributed by atoms with E-state index in [0.29, 0.717) is 12.2 Å². The topological polar surface area (TPSA) is 12.5 Å². The Hall–Kier alpha value is -0.300. The van der Waals surface area contributed by atoms with Gasteiger partial charge in [0.1, 0.15) is 0 Å². The lowest BCUT2D eigenvalue weighted by Gasteiger charge is -1.99. The zero-order valence-electron chi connectivity index (χ0n) is 8.37. The van der Waals surface area contributed by atoms with Crippen molar-refractivity contribution in [1.29, 1.82) is 0 Å². The highest BCUT2D eigenvalue weighted by Gasteiger charge is 2.36. The first kappa shape index (κ1) is 9.26. The molecule has 74 valence electrons. The van der Waals surface area contributed by atoms with Crippen molar-refractivity contribution in [2.45, 2.75) is 63.6 Å². The Morgan fingerprint density at radius 2 is 1.54 bits per heavy atom. The number of hydrogen-bond donors (Lipinski definition) is 0. The van der Waals surface area contributed by atoms with Gasteiger partial charge in [-0.1, -0.05) is 31.4 Å². The highest BCUT2D eigenvalue weighted by atomic mass is 16.6. The summed E-state index contributed by atoms with van der Waals surface area (Å²) in [7, 11) is 0. The standard InChI is InChI=1S/C12H20O/c1-2-4-6-8-10-12-11(13-12)9-7-5-3-1/h3,5,11-12H,1-2,4,6-10H2/b5-3-/t11-,12-/m0/s1. The summed E-state index contributed by atoms with van der Waals surface area (Å²) >= 11 is 0. The van der Waals surface area contributed by atoms with Crippen molar-refractivity contribution in [2.75, 3.05) is 0 Å². The summed E-state index contributed by atoms with van der Waals surface area (Å²) in [5, 5.41) is 0. The van der Waals surface area contributed by atoms with Gasteiger partial charge in [-0.05, 0) is 32.1 Å². The van der Waals surface area contributed by atoms with Gasteiger partial charge in [0.05, 0.1) is 12.2 Å². The summed E-state index contributed by atoms with van der Waals surface area (Å²) in [6.07, 6.45) is 16.6. The van der Waals surface area contributed by atoms with E-state index in [2.05, 4.69) is 12.2 Å². The minimum absolute atomic E-state index is 0.615. The summed E-state index contributed by atoms with van der Waals surface area (Å²) in [6, 6.07) is 0. The van der Waals surface area contributed by atoms with Crippen LogP contribution in [0.2, 0.25) is 0 Å². The molecule has 1 aliphatic heterocycles. The van der Waals surface area contributed by atoms with Crippen LogP contribution < -0.4 is 0 Å². The first-order valence-electron chi connectivity index (χ1n) is 5.77. The maximum absolute atomic E-state index is 5.60. The van der Waals surface area contributed by atoms with E-state index < -0.39 is 0 Å². The second kappa shape index (κ2) is 4.80. The van der Waals surface area contributed by atoms with Gasteiger partial charge in [-0.2, -0.15) is 0 Å². The van der Waals surface area contributed by atoms with Crippen molar-refractivity contribution >= 4 is 0 Å². The molecule has 0 amide bonds. The van der Waals surface area contributed by atoms with Crippen molar-refractivity contribution in [2.24, 2.45) is 0 Å². The molecule has 1 heteroatoms. The Labute approximate surface area is 81.2 Å². The lowest BCUT2D eigenvalue weighted by molar-refractivity contribution is 0.352. The van der Waals surface area contributed by atoms with Gasteiger partial charge >= 0.3 is 0 Å². The third-order valence-electron chi connectivity index (χ3n) is 3.08. The summed E-state index contributed by atoms with van der Waals surface area (Å²) < 4.78 is 5.60. The summed E-state index contributed by atoms with van der Waals surface area (Å²) in [5.41, 5.74) is 0. The van der Waals surface area contributed by atoms with Crippen molar-refractivity contribution < 1.29 is 4.74 Å². The van der Waals surface area contributed by atoms with E-state index in [0.717, 1.165) is 0 Å². The van der Waals surface area contributed by atoms with E-state index >= 15 is 0 Å². The first-order valence-corrected chi connectivity index (χ1v) is 5.77. The first-order chi connectivity index (χ1) is 6.47. The van der Waals surface area contributed by atoms with Crippen molar-refractivity contribution in [3.63, 3.8) is 0 Å². The number of fused-ring (bicyclic) bond motifs is 1. The molecular formula is C12H20O. The molecule has 0 saturated carbocycles. The second-order valence-electron chi connectivity index (χ2n) is 4.25. The quantitative estimate of drug-likeness (QED) is 0.411. The number of allylic oxidation sites excluding steroid dienone is 2. The van der Waals surface area contributed by atoms with Crippen LogP contribution in [-0.4, -0.2) is 12.2 Å². The molecule has 0 spiro atoms. The molecule has 13 heavy (non-hydrogen) atoms. The van der Waals surface area contributed by atoms with E-state index in [1.165, 1.54) is 51.4 Å². The number of epoxide rings is 1. The average molecular weight is 180 g/mol. The van der Waals surface area contributed by atoms with Gasteiger partial charge in [-0.25, -0.2) is 0 Å². The SMILES string of the molecule is C1=C\CC[C@@H]2O[C@H]2CCCCCC/1. The fourth-order valence-electron chi connectivity index (χ4n) is 2.14. The number of rotatable bonds is 0. The molecule has 0 aromatic heterocycles. The molecular weight excluding hydrogens is 160 g/mol. The largest absolute Gasteiger partial charge is 0.370 e. The summed E-state index contributed by atoms with van der Waals surface area (Å²) in [6.45, 7) is 0. The smallest absolute Gasteiger partial charge is 0.0844 e. The molecule has 1 saturated heterocycles. The summed E-state index contributed by atoms with van der Waals surface area (Å²) in [4.78, 5) is 0. The van der Waals surface area contributed by atoms with Gasteiger partial charge in [0, 0.05) is 0 Å². The molecule has 2 atom stereocenters. The summed E-state index contributed by atoms with van der Waals surface area (Å²) in [5.74, 6) is 0. The minimum Gasteiger partial charge on any atom is -0.370 e. The molecule has 1 aliphatic carbocycles. The fourth-order valence-corrected chi connectivity index (χ4v) is 2.14. The van der Waals surface area contributed by atoms with Crippen molar-refractivity contribution in [3.8, 4) is 0 Å². The minimum atomic E-state index is 0.615. The highest BCUT2D eigenvalue weighted by molar-refractivity contribution is 4.89. The number of hydrogen-bond acceptors (Lipinski definition) is 1. The molecule has 1 heterocycles. The van der Waals surface area contributed by atoms with E-state index in [4.69, 9.17) is 4.74 Å². The normalized spacial score (nSPS) is 38.2. The van der Waals surface area contributed by atoms with Gasteiger partial charge in [0.2, 0.25) is 0 Å². The molecule has 0 aromatic rings. The lowest BCUT2D eigenvalue weighted by Crippen LogP contribution is -1.94. The molecule has 0 unspecified atom stereocenters. The Morgan fingerprint density at radius 3 is 2.54 bits per heavy atom. The van der Waals surface area contributed by atoms with E-state index in [-0.39, 0.29) is 0 Å². The average Bonchev–Trinajstić information content (AvgIpc) is 2.83. The Morgan fingerprint density at radius 1 is 0.769 bits per heavy atom. The molecule has 0 aromatic carbocycles. The zero-order chi connectivity index (χ0) is 8.93. The van der Waals surface area contributed by atoms with Crippen LogP contribution in [0.4, 0.5) is 0 Å². The maximum atomic E-state index is 5.60. The van der Waals surface area contributed by atoms with Crippen LogP contribution in [0.1, 0.15) is 51.4 Å². The molecule has 1 nitrogen and oxygen atoms in total. The van der Waals surface area contributed by atoms with Crippen LogP contribution in [0, 0.1) is 0 Å². The maximum Gasteiger partial charge on any atom is 0.0844 e. The van der Waals surface area contributed by atoms with Crippen molar-refractivity contribution in [3.05, 3.63) is 12.2 Å². The van der Waals surface area contributed by atoms with Crippen LogP contribution >= 0.6 is 0 Å². The van der Waals surface area contributed by atoms with E-state index in [1.54, 1.807) is 0 Å². The van der Waals surface area contributed by atoms with Gasteiger partial charge < -0.3 is 4.74 Å². The predicted molar refractivity (Wildman–Crippen MR) is 54.7 cm³/mol. The predicted octanol–water partition coefficient (Wildman–Crippen LogP) is 3.44. The van der Waals surface area contributed by atoms with Gasteiger partial charge in [0.15, 0.2) is 0 Å². The van der Waals surface area contributed by atoms with Crippen LogP contribution in [0.5, 0.6) is 0 Å². The van der Waals surface area contributed by atoms with Crippen LogP contribution in [0.3, 0.4) is 0 Å². The van der Waals surface area contributed by atoms with E-state index in [1.807, 2.05) is 0 Å². The zero-order valence-corrected chi connectivity index (χ0v) is 8.37. The van der Waals surface area contributed by atoms with Crippen LogP contribution in [0.25, 0.3) is 0 Å².